The number of methoxy groups -OCH3 is 1. The molecular weight excluding hydrogens is 432 g/mol. The first kappa shape index (κ1) is 22.6. The van der Waals surface area contributed by atoms with Gasteiger partial charge in [-0.1, -0.05) is 54.6 Å². The molecule has 0 amide bonds. The summed E-state index contributed by atoms with van der Waals surface area (Å²) in [5, 5.41) is 3.89. The Labute approximate surface area is 199 Å². The van der Waals surface area contributed by atoms with Crippen molar-refractivity contribution in [2.45, 2.75) is 26.5 Å². The molecule has 0 aromatic heterocycles. The van der Waals surface area contributed by atoms with Gasteiger partial charge in [0.2, 0.25) is 0 Å². The lowest BCUT2D eigenvalue weighted by atomic mass is 9.92. The van der Waals surface area contributed by atoms with E-state index < -0.39 is 0 Å². The summed E-state index contributed by atoms with van der Waals surface area (Å²) < 4.78 is 11.6. The summed E-state index contributed by atoms with van der Waals surface area (Å²) in [6.07, 6.45) is 0. The van der Waals surface area contributed by atoms with Crippen LogP contribution in [0.1, 0.15) is 31.0 Å². The van der Waals surface area contributed by atoms with E-state index in [1.54, 1.807) is 14.0 Å². The van der Waals surface area contributed by atoms with E-state index in [2.05, 4.69) is 5.32 Å². The average molecular weight is 459 g/mol. The van der Waals surface area contributed by atoms with Crippen LogP contribution >= 0.6 is 12.2 Å². The SMILES string of the molecule is COc1cc([C@H]2NC(=S)N(c3ccccc3)C(C)=C2C(C)=O)ccc1OCc1ccccc1. The zero-order valence-electron chi connectivity index (χ0n) is 18.9. The van der Waals surface area contributed by atoms with Gasteiger partial charge in [0.1, 0.15) is 6.61 Å². The van der Waals surface area contributed by atoms with Crippen molar-refractivity contribution >= 4 is 28.8 Å². The third kappa shape index (κ3) is 4.76. The first-order valence-corrected chi connectivity index (χ1v) is 11.1. The van der Waals surface area contributed by atoms with E-state index in [-0.39, 0.29) is 11.8 Å². The van der Waals surface area contributed by atoms with Crippen molar-refractivity contribution < 1.29 is 14.3 Å². The molecule has 0 spiro atoms. The Balaban J connectivity index is 1.66. The number of hydrogen-bond donors (Lipinski definition) is 1. The van der Waals surface area contributed by atoms with E-state index in [4.69, 9.17) is 21.7 Å². The molecule has 0 saturated heterocycles. The van der Waals surface area contributed by atoms with Crippen molar-refractivity contribution in [2.75, 3.05) is 12.0 Å². The quantitative estimate of drug-likeness (QED) is 0.467. The third-order valence-corrected chi connectivity index (χ3v) is 5.94. The highest BCUT2D eigenvalue weighted by Crippen LogP contribution is 2.37. The minimum absolute atomic E-state index is 0.0168. The fourth-order valence-electron chi connectivity index (χ4n) is 4.06. The van der Waals surface area contributed by atoms with E-state index in [1.807, 2.05) is 90.7 Å². The van der Waals surface area contributed by atoms with Gasteiger partial charge in [-0.25, -0.2) is 0 Å². The molecule has 1 aliphatic heterocycles. The zero-order chi connectivity index (χ0) is 23.4. The predicted octanol–water partition coefficient (Wildman–Crippen LogP) is 5.57. The van der Waals surface area contributed by atoms with Crippen molar-refractivity contribution in [3.05, 3.63) is 101 Å². The first-order valence-electron chi connectivity index (χ1n) is 10.7. The molecule has 0 bridgehead atoms. The lowest BCUT2D eigenvalue weighted by Gasteiger charge is -2.37. The number of allylic oxidation sites excluding steroid dienone is 1. The van der Waals surface area contributed by atoms with Crippen molar-refractivity contribution in [3.63, 3.8) is 0 Å². The van der Waals surface area contributed by atoms with Crippen LogP contribution in [0, 0.1) is 0 Å². The molecule has 6 heteroatoms. The van der Waals surface area contributed by atoms with Gasteiger partial charge in [-0.3, -0.25) is 9.69 Å². The minimum Gasteiger partial charge on any atom is -0.493 e. The van der Waals surface area contributed by atoms with Crippen LogP contribution in [0.25, 0.3) is 0 Å². The molecule has 0 unspecified atom stereocenters. The van der Waals surface area contributed by atoms with Crippen LogP contribution in [0.2, 0.25) is 0 Å². The topological polar surface area (TPSA) is 50.8 Å². The summed E-state index contributed by atoms with van der Waals surface area (Å²) in [6.45, 7) is 3.95. The Kier molecular flexibility index (Phi) is 6.75. The maximum Gasteiger partial charge on any atom is 0.178 e. The lowest BCUT2D eigenvalue weighted by molar-refractivity contribution is -0.114. The van der Waals surface area contributed by atoms with Crippen molar-refractivity contribution in [1.29, 1.82) is 0 Å². The maximum atomic E-state index is 12.7. The normalized spacial score (nSPS) is 15.8. The molecule has 0 aliphatic carbocycles. The molecule has 3 aromatic carbocycles. The molecule has 1 heterocycles. The molecule has 3 aromatic rings. The Hall–Kier alpha value is -3.64. The van der Waals surface area contributed by atoms with Gasteiger partial charge in [0, 0.05) is 17.0 Å². The Bertz CT molecular complexity index is 1190. The number of carbonyl (C=O) groups is 1. The molecule has 168 valence electrons. The second-order valence-electron chi connectivity index (χ2n) is 7.79. The number of carbonyl (C=O) groups excluding carboxylic acids is 1. The highest BCUT2D eigenvalue weighted by atomic mass is 32.1. The van der Waals surface area contributed by atoms with Gasteiger partial charge in [0.25, 0.3) is 0 Å². The number of nitrogens with zero attached hydrogens (tertiary/aromatic N) is 1. The molecule has 5 nitrogen and oxygen atoms in total. The monoisotopic (exact) mass is 458 g/mol. The third-order valence-electron chi connectivity index (χ3n) is 5.64. The second-order valence-corrected chi connectivity index (χ2v) is 8.18. The van der Waals surface area contributed by atoms with Gasteiger partial charge in [-0.2, -0.15) is 0 Å². The zero-order valence-corrected chi connectivity index (χ0v) is 19.7. The Morgan fingerprint density at radius 3 is 2.30 bits per heavy atom. The number of hydrogen-bond acceptors (Lipinski definition) is 4. The van der Waals surface area contributed by atoms with Gasteiger partial charge >= 0.3 is 0 Å². The molecule has 0 radical (unpaired) electrons. The molecular formula is C27H26N2O3S. The van der Waals surface area contributed by atoms with Crippen LogP contribution in [0.3, 0.4) is 0 Å². The van der Waals surface area contributed by atoms with Gasteiger partial charge in [-0.05, 0) is 61.5 Å². The van der Waals surface area contributed by atoms with Crippen LogP contribution in [-0.2, 0) is 11.4 Å². The molecule has 33 heavy (non-hydrogen) atoms. The number of nitrogens with one attached hydrogen (secondary N) is 1. The molecule has 1 N–H and O–H groups in total. The molecule has 0 saturated carbocycles. The van der Waals surface area contributed by atoms with E-state index in [9.17, 15) is 4.79 Å². The van der Waals surface area contributed by atoms with Gasteiger partial charge in [-0.15, -0.1) is 0 Å². The summed E-state index contributed by atoms with van der Waals surface area (Å²) in [6, 6.07) is 25.1. The van der Waals surface area contributed by atoms with Crippen molar-refractivity contribution in [3.8, 4) is 11.5 Å². The summed E-state index contributed by atoms with van der Waals surface area (Å²) in [5.41, 5.74) is 4.32. The summed E-state index contributed by atoms with van der Waals surface area (Å²) in [5.74, 6) is 1.22. The largest absolute Gasteiger partial charge is 0.493 e. The molecule has 1 atom stereocenters. The molecule has 0 fully saturated rings. The van der Waals surface area contributed by atoms with Crippen LogP contribution in [0.4, 0.5) is 5.69 Å². The van der Waals surface area contributed by atoms with Crippen LogP contribution < -0.4 is 19.7 Å². The highest BCUT2D eigenvalue weighted by molar-refractivity contribution is 7.80. The summed E-state index contributed by atoms with van der Waals surface area (Å²) in [4.78, 5) is 14.6. The maximum absolute atomic E-state index is 12.7. The summed E-state index contributed by atoms with van der Waals surface area (Å²) in [7, 11) is 1.61. The van der Waals surface area contributed by atoms with Crippen LogP contribution in [-0.4, -0.2) is 18.0 Å². The Morgan fingerprint density at radius 1 is 1.00 bits per heavy atom. The highest BCUT2D eigenvalue weighted by Gasteiger charge is 2.33. The van der Waals surface area contributed by atoms with E-state index in [1.165, 1.54) is 0 Å². The standard InChI is InChI=1S/C27H26N2O3S/c1-18-25(19(2)30)26(28-27(33)29(18)22-12-8-5-9-13-22)21-14-15-23(24(16-21)31-3)32-17-20-10-6-4-7-11-20/h4-16,26H,17H2,1-3H3,(H,28,33)/t26-/m1/s1. The van der Waals surface area contributed by atoms with Gasteiger partial charge in [0.05, 0.1) is 13.2 Å². The smallest absolute Gasteiger partial charge is 0.178 e. The van der Waals surface area contributed by atoms with Crippen LogP contribution in [0.15, 0.2) is 90.1 Å². The van der Waals surface area contributed by atoms with Crippen molar-refractivity contribution in [2.24, 2.45) is 0 Å². The number of para-hydroxylation sites is 1. The van der Waals surface area contributed by atoms with Crippen LogP contribution in [0.5, 0.6) is 11.5 Å². The van der Waals surface area contributed by atoms with Gasteiger partial charge < -0.3 is 14.8 Å². The fraction of sp³-hybridized carbons (Fsp3) is 0.185. The minimum atomic E-state index is -0.382. The van der Waals surface area contributed by atoms with Crippen molar-refractivity contribution in [1.82, 2.24) is 5.32 Å². The lowest BCUT2D eigenvalue weighted by Crippen LogP contribution is -2.47. The molecule has 4 rings (SSSR count). The number of Topliss-reactive ketones (excluding diaryl/α,β-unsaturated/α-hetero) is 1. The fourth-order valence-corrected chi connectivity index (χ4v) is 4.42. The van der Waals surface area contributed by atoms with E-state index >= 15 is 0 Å². The van der Waals surface area contributed by atoms with E-state index in [0.717, 1.165) is 22.5 Å². The second kappa shape index (κ2) is 9.88. The predicted molar refractivity (Wildman–Crippen MR) is 135 cm³/mol. The van der Waals surface area contributed by atoms with Gasteiger partial charge in [0.15, 0.2) is 22.4 Å². The Morgan fingerprint density at radius 2 is 1.67 bits per heavy atom. The van der Waals surface area contributed by atoms with E-state index in [0.29, 0.717) is 28.8 Å². The number of ether oxygens (including phenoxy) is 2. The number of anilines is 1. The number of benzene rings is 3. The average Bonchev–Trinajstić information content (AvgIpc) is 2.83. The first-order chi connectivity index (χ1) is 16.0. The number of rotatable bonds is 7. The molecule has 1 aliphatic rings. The number of thiocarbonyl (C=S) groups is 1. The number of ketones is 1. The summed E-state index contributed by atoms with van der Waals surface area (Å²) >= 11 is 5.70.